The number of hydrogen-bond acceptors (Lipinski definition) is 3. The molecule has 2 aromatic carbocycles. The first-order valence-electron chi connectivity index (χ1n) is 7.73. The minimum atomic E-state index is -0.531. The van der Waals surface area contributed by atoms with Crippen molar-refractivity contribution in [1.29, 1.82) is 0 Å². The summed E-state index contributed by atoms with van der Waals surface area (Å²) in [6, 6.07) is 15.2. The molecule has 0 radical (unpaired) electrons. The molecule has 2 amide bonds. The fourth-order valence-corrected chi connectivity index (χ4v) is 2.79. The Morgan fingerprint density at radius 2 is 1.79 bits per heavy atom. The number of hydrogen-bond donors (Lipinski definition) is 1. The number of anilines is 1. The van der Waals surface area contributed by atoms with Gasteiger partial charge in [0, 0.05) is 17.3 Å². The van der Waals surface area contributed by atoms with Crippen LogP contribution in [0.25, 0.3) is 0 Å². The number of likely N-dealkylation sites (tertiary alicyclic amines) is 1. The molecule has 1 aliphatic rings. The van der Waals surface area contributed by atoms with Gasteiger partial charge in [-0.15, -0.1) is 0 Å². The van der Waals surface area contributed by atoms with E-state index in [2.05, 4.69) is 5.32 Å². The summed E-state index contributed by atoms with van der Waals surface area (Å²) in [5.41, 5.74) is 0.646. The summed E-state index contributed by atoms with van der Waals surface area (Å²) in [5.74, 6) is 0.242. The van der Waals surface area contributed by atoms with Gasteiger partial charge in [-0.1, -0.05) is 29.8 Å². The van der Waals surface area contributed by atoms with Crippen molar-refractivity contribution in [1.82, 2.24) is 4.90 Å². The molecule has 1 N–H and O–H groups in total. The predicted molar refractivity (Wildman–Crippen MR) is 92.3 cm³/mol. The topological polar surface area (TPSA) is 58.6 Å². The van der Waals surface area contributed by atoms with Crippen LogP contribution in [-0.2, 0) is 4.79 Å². The molecule has 3 rings (SSSR count). The molecule has 124 valence electrons. The zero-order valence-corrected chi connectivity index (χ0v) is 13.7. The zero-order valence-electron chi connectivity index (χ0n) is 12.9. The highest BCUT2D eigenvalue weighted by Crippen LogP contribution is 2.22. The Labute approximate surface area is 145 Å². The first-order chi connectivity index (χ1) is 11.6. The van der Waals surface area contributed by atoms with Crippen molar-refractivity contribution >= 4 is 29.3 Å². The fraction of sp³-hybridized carbons (Fsp3) is 0.222. The molecule has 6 heteroatoms. The van der Waals surface area contributed by atoms with Gasteiger partial charge in [-0.2, -0.15) is 0 Å². The number of nitrogens with zero attached hydrogens (tertiary/aromatic N) is 1. The van der Waals surface area contributed by atoms with Crippen LogP contribution in [0, 0.1) is 0 Å². The van der Waals surface area contributed by atoms with Gasteiger partial charge in [0.2, 0.25) is 5.91 Å². The molecule has 1 atom stereocenters. The van der Waals surface area contributed by atoms with Gasteiger partial charge in [0.05, 0.1) is 0 Å². The van der Waals surface area contributed by atoms with Crippen LogP contribution >= 0.6 is 11.6 Å². The van der Waals surface area contributed by atoms with E-state index in [-0.39, 0.29) is 5.91 Å². The third-order valence-electron chi connectivity index (χ3n) is 3.85. The van der Waals surface area contributed by atoms with Gasteiger partial charge in [-0.3, -0.25) is 9.69 Å². The summed E-state index contributed by atoms with van der Waals surface area (Å²) >= 11 is 5.83. The Hall–Kier alpha value is -2.53. The number of rotatable bonds is 3. The van der Waals surface area contributed by atoms with Gasteiger partial charge in [0.15, 0.2) is 0 Å². The van der Waals surface area contributed by atoms with Crippen LogP contribution in [0.1, 0.15) is 12.8 Å². The normalized spacial score (nSPS) is 16.7. The molecule has 1 saturated heterocycles. The number of benzene rings is 2. The third kappa shape index (κ3) is 3.86. The maximum atomic E-state index is 12.5. The minimum absolute atomic E-state index is 0.222. The minimum Gasteiger partial charge on any atom is -0.410 e. The molecular weight excluding hydrogens is 328 g/mol. The van der Waals surface area contributed by atoms with Crippen molar-refractivity contribution in [2.45, 2.75) is 18.9 Å². The molecule has 0 saturated carbocycles. The Kier molecular flexibility index (Phi) is 5.01. The zero-order chi connectivity index (χ0) is 16.9. The lowest BCUT2D eigenvalue weighted by Gasteiger charge is -2.23. The summed E-state index contributed by atoms with van der Waals surface area (Å²) in [4.78, 5) is 26.3. The molecule has 5 nitrogen and oxygen atoms in total. The average molecular weight is 345 g/mol. The van der Waals surface area contributed by atoms with Crippen molar-refractivity contribution in [3.8, 4) is 5.75 Å². The predicted octanol–water partition coefficient (Wildman–Crippen LogP) is 3.94. The van der Waals surface area contributed by atoms with Crippen LogP contribution in [-0.4, -0.2) is 29.5 Å². The molecule has 1 aliphatic heterocycles. The maximum Gasteiger partial charge on any atom is 0.415 e. The van der Waals surface area contributed by atoms with E-state index < -0.39 is 12.1 Å². The Bertz CT molecular complexity index is 719. The van der Waals surface area contributed by atoms with Crippen molar-refractivity contribution in [2.24, 2.45) is 0 Å². The third-order valence-corrected chi connectivity index (χ3v) is 4.10. The highest BCUT2D eigenvalue weighted by Gasteiger charge is 2.35. The summed E-state index contributed by atoms with van der Waals surface area (Å²) in [7, 11) is 0. The SMILES string of the molecule is O=C(Nc1ccc(Cl)cc1)[C@@H]1CCCN1C(=O)Oc1ccccc1. The van der Waals surface area contributed by atoms with Gasteiger partial charge in [-0.05, 0) is 49.2 Å². The second-order valence-corrected chi connectivity index (χ2v) is 5.97. The molecule has 1 heterocycles. The summed E-state index contributed by atoms with van der Waals surface area (Å²) < 4.78 is 5.33. The number of para-hydroxylation sites is 1. The highest BCUT2D eigenvalue weighted by molar-refractivity contribution is 6.30. The Balaban J connectivity index is 1.65. The van der Waals surface area contributed by atoms with E-state index in [1.807, 2.05) is 6.07 Å². The van der Waals surface area contributed by atoms with Gasteiger partial charge < -0.3 is 10.1 Å². The standard InChI is InChI=1S/C18H17ClN2O3/c19-13-8-10-14(11-9-13)20-17(22)16-7-4-12-21(16)18(23)24-15-5-2-1-3-6-15/h1-3,5-6,8-11,16H,4,7,12H2,(H,20,22)/t16-/m0/s1. The highest BCUT2D eigenvalue weighted by atomic mass is 35.5. The Morgan fingerprint density at radius 3 is 2.50 bits per heavy atom. The summed E-state index contributed by atoms with van der Waals surface area (Å²) in [6.45, 7) is 0.504. The lowest BCUT2D eigenvalue weighted by molar-refractivity contribution is -0.119. The fourth-order valence-electron chi connectivity index (χ4n) is 2.66. The van der Waals surface area contributed by atoms with Gasteiger partial charge >= 0.3 is 6.09 Å². The second kappa shape index (κ2) is 7.36. The van der Waals surface area contributed by atoms with E-state index in [9.17, 15) is 9.59 Å². The molecule has 0 spiro atoms. The number of halogens is 1. The maximum absolute atomic E-state index is 12.5. The number of amides is 2. The van der Waals surface area contributed by atoms with Crippen molar-refractivity contribution in [3.05, 3.63) is 59.6 Å². The average Bonchev–Trinajstić information content (AvgIpc) is 3.08. The molecule has 0 bridgehead atoms. The molecule has 24 heavy (non-hydrogen) atoms. The van der Waals surface area contributed by atoms with E-state index in [1.54, 1.807) is 48.5 Å². The van der Waals surface area contributed by atoms with Crippen LogP contribution in [0.4, 0.5) is 10.5 Å². The summed E-state index contributed by atoms with van der Waals surface area (Å²) in [5, 5.41) is 3.41. The monoisotopic (exact) mass is 344 g/mol. The van der Waals surface area contributed by atoms with Crippen LogP contribution in [0.5, 0.6) is 5.75 Å². The van der Waals surface area contributed by atoms with Crippen molar-refractivity contribution in [2.75, 3.05) is 11.9 Å². The van der Waals surface area contributed by atoms with Crippen molar-refractivity contribution < 1.29 is 14.3 Å². The number of ether oxygens (including phenoxy) is 1. The van der Waals surface area contributed by atoms with Crippen LogP contribution in [0.15, 0.2) is 54.6 Å². The van der Waals surface area contributed by atoms with Gasteiger partial charge in [0.25, 0.3) is 0 Å². The van der Waals surface area contributed by atoms with E-state index in [1.165, 1.54) is 4.90 Å². The number of carbonyl (C=O) groups is 2. The largest absolute Gasteiger partial charge is 0.415 e. The smallest absolute Gasteiger partial charge is 0.410 e. The number of nitrogens with one attached hydrogen (secondary N) is 1. The van der Waals surface area contributed by atoms with Crippen LogP contribution in [0.2, 0.25) is 5.02 Å². The molecule has 2 aromatic rings. The van der Waals surface area contributed by atoms with Gasteiger partial charge in [-0.25, -0.2) is 4.79 Å². The summed E-state index contributed by atoms with van der Waals surface area (Å²) in [6.07, 6.45) is 0.876. The van der Waals surface area contributed by atoms with Crippen molar-refractivity contribution in [3.63, 3.8) is 0 Å². The number of carbonyl (C=O) groups excluding carboxylic acids is 2. The van der Waals surface area contributed by atoms with E-state index in [0.717, 1.165) is 6.42 Å². The van der Waals surface area contributed by atoms with Gasteiger partial charge in [0.1, 0.15) is 11.8 Å². The van der Waals surface area contributed by atoms with E-state index in [4.69, 9.17) is 16.3 Å². The van der Waals surface area contributed by atoms with Crippen LogP contribution < -0.4 is 10.1 Å². The lowest BCUT2D eigenvalue weighted by atomic mass is 10.2. The lowest BCUT2D eigenvalue weighted by Crippen LogP contribution is -2.44. The molecule has 1 fully saturated rings. The molecule has 0 aliphatic carbocycles. The van der Waals surface area contributed by atoms with E-state index >= 15 is 0 Å². The van der Waals surface area contributed by atoms with E-state index in [0.29, 0.717) is 29.4 Å². The molecule has 0 aromatic heterocycles. The molecule has 0 unspecified atom stereocenters. The quantitative estimate of drug-likeness (QED) is 0.917. The second-order valence-electron chi connectivity index (χ2n) is 5.53. The first kappa shape index (κ1) is 16.3. The Morgan fingerprint density at radius 1 is 1.08 bits per heavy atom. The molecular formula is C18H17ClN2O3. The van der Waals surface area contributed by atoms with Crippen LogP contribution in [0.3, 0.4) is 0 Å². The first-order valence-corrected chi connectivity index (χ1v) is 8.11.